The van der Waals surface area contributed by atoms with Gasteiger partial charge in [-0.15, -0.1) is 0 Å². The summed E-state index contributed by atoms with van der Waals surface area (Å²) in [6.45, 7) is 2.26. The smallest absolute Gasteiger partial charge is 0.237 e. The lowest BCUT2D eigenvalue weighted by Gasteiger charge is -2.41. The third kappa shape index (κ3) is 3.61. The molecule has 3 heteroatoms. The van der Waals surface area contributed by atoms with Gasteiger partial charge in [0.25, 0.3) is 0 Å². The quantitative estimate of drug-likeness (QED) is 0.837. The van der Waals surface area contributed by atoms with E-state index in [-0.39, 0.29) is 11.9 Å². The zero-order chi connectivity index (χ0) is 14.7. The van der Waals surface area contributed by atoms with Crippen molar-refractivity contribution in [3.63, 3.8) is 0 Å². The molecule has 0 aromatic rings. The Hall–Kier alpha value is -0.570. The average Bonchev–Trinajstić information content (AvgIpc) is 2.55. The van der Waals surface area contributed by atoms with Crippen LogP contribution in [-0.4, -0.2) is 24.0 Å². The van der Waals surface area contributed by atoms with Crippen LogP contribution in [0.25, 0.3) is 0 Å². The van der Waals surface area contributed by atoms with E-state index in [1.54, 1.807) is 0 Å². The number of carbonyl (C=O) groups is 1. The Morgan fingerprint density at radius 2 is 1.76 bits per heavy atom. The monoisotopic (exact) mass is 292 g/mol. The van der Waals surface area contributed by atoms with Crippen molar-refractivity contribution in [2.75, 3.05) is 0 Å². The van der Waals surface area contributed by atoms with E-state index in [2.05, 4.69) is 17.6 Å². The van der Waals surface area contributed by atoms with Crippen LogP contribution < -0.4 is 10.6 Å². The Morgan fingerprint density at radius 3 is 2.62 bits per heavy atom. The third-order valence-corrected chi connectivity index (χ3v) is 6.23. The fourth-order valence-electron chi connectivity index (χ4n) is 4.87. The van der Waals surface area contributed by atoms with Crippen LogP contribution in [0.15, 0.2) is 0 Å². The Labute approximate surface area is 129 Å². The zero-order valence-electron chi connectivity index (χ0n) is 13.6. The summed E-state index contributed by atoms with van der Waals surface area (Å²) in [5.74, 6) is 1.82. The second-order valence-corrected chi connectivity index (χ2v) is 7.52. The number of hydrogen-bond acceptors (Lipinski definition) is 2. The van der Waals surface area contributed by atoms with Gasteiger partial charge in [0.15, 0.2) is 0 Å². The third-order valence-electron chi connectivity index (χ3n) is 6.23. The van der Waals surface area contributed by atoms with Gasteiger partial charge in [0.05, 0.1) is 6.04 Å². The molecule has 0 spiro atoms. The number of nitrogens with one attached hydrogen (secondary N) is 2. The summed E-state index contributed by atoms with van der Waals surface area (Å²) < 4.78 is 0. The predicted molar refractivity (Wildman–Crippen MR) is 86.1 cm³/mol. The van der Waals surface area contributed by atoms with Crippen LogP contribution in [0.3, 0.4) is 0 Å². The SMILES string of the molecule is CCC1CCCCC1NC(=O)C1CCC2CCCCC2N1. The van der Waals surface area contributed by atoms with E-state index >= 15 is 0 Å². The Bertz CT molecular complexity index is 357. The van der Waals surface area contributed by atoms with Crippen LogP contribution >= 0.6 is 0 Å². The van der Waals surface area contributed by atoms with Gasteiger partial charge in [-0.1, -0.05) is 39.0 Å². The summed E-state index contributed by atoms with van der Waals surface area (Å²) in [5, 5.41) is 7.05. The molecule has 0 aromatic heterocycles. The molecule has 1 heterocycles. The fourth-order valence-corrected chi connectivity index (χ4v) is 4.87. The summed E-state index contributed by atoms with van der Waals surface area (Å²) in [7, 11) is 0. The van der Waals surface area contributed by atoms with Gasteiger partial charge in [-0.2, -0.15) is 0 Å². The fraction of sp³-hybridized carbons (Fsp3) is 0.944. The minimum atomic E-state index is 0.0729. The van der Waals surface area contributed by atoms with E-state index in [4.69, 9.17) is 0 Å². The molecule has 5 atom stereocenters. The van der Waals surface area contributed by atoms with Crippen molar-refractivity contribution in [1.29, 1.82) is 0 Å². The maximum Gasteiger partial charge on any atom is 0.237 e. The van der Waals surface area contributed by atoms with E-state index in [1.807, 2.05) is 0 Å². The molecule has 120 valence electrons. The van der Waals surface area contributed by atoms with Gasteiger partial charge < -0.3 is 10.6 Å². The number of fused-ring (bicyclic) bond motifs is 1. The van der Waals surface area contributed by atoms with Crippen LogP contribution in [0.2, 0.25) is 0 Å². The summed E-state index contributed by atoms with van der Waals surface area (Å²) in [6, 6.07) is 1.11. The lowest BCUT2D eigenvalue weighted by atomic mass is 9.77. The highest BCUT2D eigenvalue weighted by molar-refractivity contribution is 5.82. The average molecular weight is 292 g/mol. The number of hydrogen-bond donors (Lipinski definition) is 2. The van der Waals surface area contributed by atoms with Crippen LogP contribution in [0.1, 0.15) is 77.6 Å². The molecule has 1 aliphatic heterocycles. The molecule has 5 unspecified atom stereocenters. The minimum Gasteiger partial charge on any atom is -0.352 e. The largest absolute Gasteiger partial charge is 0.352 e. The molecule has 1 amide bonds. The highest BCUT2D eigenvalue weighted by atomic mass is 16.2. The number of carbonyl (C=O) groups excluding carboxylic acids is 1. The molecule has 2 N–H and O–H groups in total. The standard InChI is InChI=1S/C18H32N2O/c1-2-13-7-3-5-9-15(13)20-18(21)17-12-11-14-8-4-6-10-16(14)19-17/h13-17,19H,2-12H2,1H3,(H,20,21). The molecule has 3 aliphatic rings. The van der Waals surface area contributed by atoms with Crippen molar-refractivity contribution < 1.29 is 4.79 Å². The van der Waals surface area contributed by atoms with Crippen molar-refractivity contribution in [2.24, 2.45) is 11.8 Å². The summed E-state index contributed by atoms with van der Waals surface area (Å²) in [5.41, 5.74) is 0. The maximum absolute atomic E-state index is 12.6. The second-order valence-electron chi connectivity index (χ2n) is 7.52. The van der Waals surface area contributed by atoms with Gasteiger partial charge in [-0.05, 0) is 50.4 Å². The lowest BCUT2D eigenvalue weighted by molar-refractivity contribution is -0.125. The van der Waals surface area contributed by atoms with E-state index in [0.29, 0.717) is 18.0 Å². The van der Waals surface area contributed by atoms with Gasteiger partial charge in [-0.3, -0.25) is 4.79 Å². The first kappa shape index (κ1) is 15.3. The highest BCUT2D eigenvalue weighted by Gasteiger charge is 2.35. The molecule has 0 aromatic carbocycles. The van der Waals surface area contributed by atoms with Gasteiger partial charge in [0, 0.05) is 12.1 Å². The van der Waals surface area contributed by atoms with E-state index < -0.39 is 0 Å². The second kappa shape index (κ2) is 7.13. The highest BCUT2D eigenvalue weighted by Crippen LogP contribution is 2.32. The number of amides is 1. The molecule has 2 aliphatic carbocycles. The Morgan fingerprint density at radius 1 is 1.00 bits per heavy atom. The molecule has 1 saturated heterocycles. The normalized spacial score (nSPS) is 40.3. The van der Waals surface area contributed by atoms with Gasteiger partial charge >= 0.3 is 0 Å². The molecule has 0 bridgehead atoms. The molecular formula is C18H32N2O. The molecule has 0 radical (unpaired) electrons. The topological polar surface area (TPSA) is 41.1 Å². The predicted octanol–water partition coefficient (Wildman–Crippen LogP) is 3.38. The first-order chi connectivity index (χ1) is 10.3. The summed E-state index contributed by atoms with van der Waals surface area (Å²) in [4.78, 5) is 12.6. The summed E-state index contributed by atoms with van der Waals surface area (Å²) in [6.07, 6.45) is 14.0. The zero-order valence-corrected chi connectivity index (χ0v) is 13.6. The molecule has 3 nitrogen and oxygen atoms in total. The van der Waals surface area contributed by atoms with Crippen molar-refractivity contribution >= 4 is 5.91 Å². The van der Waals surface area contributed by atoms with Gasteiger partial charge in [0.1, 0.15) is 0 Å². The van der Waals surface area contributed by atoms with E-state index in [1.165, 1.54) is 64.2 Å². The molecule has 2 saturated carbocycles. The lowest BCUT2D eigenvalue weighted by Crippen LogP contribution is -2.57. The van der Waals surface area contributed by atoms with E-state index in [9.17, 15) is 4.79 Å². The molecule has 3 rings (SSSR count). The van der Waals surface area contributed by atoms with Crippen LogP contribution in [0, 0.1) is 11.8 Å². The minimum absolute atomic E-state index is 0.0729. The molecule has 3 fully saturated rings. The Balaban J connectivity index is 1.53. The molecule has 21 heavy (non-hydrogen) atoms. The van der Waals surface area contributed by atoms with Crippen molar-refractivity contribution in [2.45, 2.75) is 95.7 Å². The van der Waals surface area contributed by atoms with Crippen molar-refractivity contribution in [3.05, 3.63) is 0 Å². The maximum atomic E-state index is 12.6. The van der Waals surface area contributed by atoms with E-state index in [0.717, 1.165) is 12.3 Å². The van der Waals surface area contributed by atoms with Gasteiger partial charge in [-0.25, -0.2) is 0 Å². The van der Waals surface area contributed by atoms with Crippen LogP contribution in [-0.2, 0) is 4.79 Å². The summed E-state index contributed by atoms with van der Waals surface area (Å²) >= 11 is 0. The first-order valence-corrected chi connectivity index (χ1v) is 9.34. The van der Waals surface area contributed by atoms with Crippen molar-refractivity contribution in [3.8, 4) is 0 Å². The molecular weight excluding hydrogens is 260 g/mol. The van der Waals surface area contributed by atoms with Crippen LogP contribution in [0.5, 0.6) is 0 Å². The first-order valence-electron chi connectivity index (χ1n) is 9.34. The van der Waals surface area contributed by atoms with Gasteiger partial charge in [0.2, 0.25) is 5.91 Å². The van der Waals surface area contributed by atoms with Crippen LogP contribution in [0.4, 0.5) is 0 Å². The van der Waals surface area contributed by atoms with Crippen molar-refractivity contribution in [1.82, 2.24) is 10.6 Å². The number of piperidine rings is 1. The number of rotatable bonds is 3. The Kier molecular flexibility index (Phi) is 5.20.